The van der Waals surface area contributed by atoms with Crippen molar-refractivity contribution in [2.45, 2.75) is 46.1 Å². The van der Waals surface area contributed by atoms with Crippen LogP contribution in [0.25, 0.3) is 0 Å². The Morgan fingerprint density at radius 3 is 2.57 bits per heavy atom. The SMILES string of the molecule is COC(=O)[C@H]1C(=O)C2=C(C[C@H]1C)NC(C)=C(C(=O)OC(C)C)[C@H]2c1cccc(Cl)c1. The van der Waals surface area contributed by atoms with E-state index in [1.165, 1.54) is 7.11 Å². The molecule has 1 aromatic carbocycles. The van der Waals surface area contributed by atoms with Crippen LogP contribution in [0.3, 0.4) is 0 Å². The van der Waals surface area contributed by atoms with Gasteiger partial charge >= 0.3 is 11.9 Å². The van der Waals surface area contributed by atoms with Gasteiger partial charge in [-0.3, -0.25) is 9.59 Å². The molecule has 2 aliphatic rings. The van der Waals surface area contributed by atoms with Gasteiger partial charge in [-0.2, -0.15) is 0 Å². The lowest BCUT2D eigenvalue weighted by Crippen LogP contribution is -2.43. The fraction of sp³-hybridized carbons (Fsp3) is 0.435. The van der Waals surface area contributed by atoms with E-state index in [0.29, 0.717) is 33.9 Å². The molecule has 0 radical (unpaired) electrons. The fourth-order valence-corrected chi connectivity index (χ4v) is 4.45. The highest BCUT2D eigenvalue weighted by molar-refractivity contribution is 6.30. The summed E-state index contributed by atoms with van der Waals surface area (Å²) < 4.78 is 10.4. The van der Waals surface area contributed by atoms with Gasteiger partial charge in [0, 0.05) is 27.9 Å². The van der Waals surface area contributed by atoms with E-state index >= 15 is 0 Å². The average Bonchev–Trinajstić information content (AvgIpc) is 2.65. The summed E-state index contributed by atoms with van der Waals surface area (Å²) in [5.74, 6) is -3.24. The summed E-state index contributed by atoms with van der Waals surface area (Å²) in [5.41, 5.74) is 2.78. The smallest absolute Gasteiger partial charge is 0.337 e. The van der Waals surface area contributed by atoms with Crippen molar-refractivity contribution in [2.24, 2.45) is 11.8 Å². The number of ketones is 1. The fourth-order valence-electron chi connectivity index (χ4n) is 4.25. The lowest BCUT2D eigenvalue weighted by Gasteiger charge is -2.38. The molecule has 1 aliphatic carbocycles. The Morgan fingerprint density at radius 2 is 1.97 bits per heavy atom. The highest BCUT2D eigenvalue weighted by Gasteiger charge is 2.47. The Hall–Kier alpha value is -2.60. The quantitative estimate of drug-likeness (QED) is 0.575. The third-order valence-corrected chi connectivity index (χ3v) is 5.72. The molecule has 0 aromatic heterocycles. The van der Waals surface area contributed by atoms with Gasteiger partial charge in [-0.1, -0.05) is 30.7 Å². The molecule has 1 heterocycles. The first-order valence-corrected chi connectivity index (χ1v) is 10.3. The second kappa shape index (κ2) is 8.64. The number of ether oxygens (including phenoxy) is 2. The van der Waals surface area contributed by atoms with Gasteiger partial charge in [0.2, 0.25) is 0 Å². The van der Waals surface area contributed by atoms with Gasteiger partial charge in [0.05, 0.1) is 18.8 Å². The molecule has 0 amide bonds. The van der Waals surface area contributed by atoms with Gasteiger partial charge in [-0.25, -0.2) is 4.79 Å². The number of nitrogens with one attached hydrogen (secondary N) is 1. The molecule has 30 heavy (non-hydrogen) atoms. The Morgan fingerprint density at radius 1 is 1.27 bits per heavy atom. The number of halogens is 1. The predicted octanol–water partition coefficient (Wildman–Crippen LogP) is 3.90. The van der Waals surface area contributed by atoms with Crippen LogP contribution in [0, 0.1) is 11.8 Å². The van der Waals surface area contributed by atoms with Crippen LogP contribution in [-0.2, 0) is 23.9 Å². The van der Waals surface area contributed by atoms with E-state index in [-0.39, 0.29) is 17.8 Å². The molecule has 1 aliphatic heterocycles. The summed E-state index contributed by atoms with van der Waals surface area (Å²) >= 11 is 6.23. The first-order chi connectivity index (χ1) is 14.1. The monoisotopic (exact) mass is 431 g/mol. The Labute approximate surface area is 181 Å². The number of rotatable bonds is 4. The van der Waals surface area contributed by atoms with E-state index in [9.17, 15) is 14.4 Å². The topological polar surface area (TPSA) is 81.7 Å². The minimum absolute atomic E-state index is 0.229. The minimum Gasteiger partial charge on any atom is -0.468 e. The minimum atomic E-state index is -0.919. The van der Waals surface area contributed by atoms with Crippen molar-refractivity contribution < 1.29 is 23.9 Å². The number of hydrogen-bond acceptors (Lipinski definition) is 6. The van der Waals surface area contributed by atoms with Crippen LogP contribution in [0.1, 0.15) is 45.6 Å². The molecular formula is C23H26ClNO5. The van der Waals surface area contributed by atoms with Crippen molar-refractivity contribution in [3.8, 4) is 0 Å². The maximum atomic E-state index is 13.5. The number of dihydropyridines is 1. The number of carbonyl (C=O) groups excluding carboxylic acids is 3. The van der Waals surface area contributed by atoms with E-state index < -0.39 is 23.8 Å². The van der Waals surface area contributed by atoms with E-state index in [1.807, 2.05) is 13.0 Å². The van der Waals surface area contributed by atoms with Crippen LogP contribution >= 0.6 is 11.6 Å². The summed E-state index contributed by atoms with van der Waals surface area (Å²) in [6.45, 7) is 7.18. The molecule has 1 N–H and O–H groups in total. The van der Waals surface area contributed by atoms with E-state index in [1.54, 1.807) is 39.0 Å². The molecule has 3 rings (SSSR count). The molecule has 3 atom stereocenters. The lowest BCUT2D eigenvalue weighted by molar-refractivity contribution is -0.151. The number of allylic oxidation sites excluding steroid dienone is 3. The number of methoxy groups -OCH3 is 1. The molecule has 160 valence electrons. The van der Waals surface area contributed by atoms with Gasteiger partial charge in [0.25, 0.3) is 0 Å². The van der Waals surface area contributed by atoms with Crippen molar-refractivity contribution in [1.29, 1.82) is 0 Å². The maximum Gasteiger partial charge on any atom is 0.337 e. The zero-order valence-electron chi connectivity index (χ0n) is 17.7. The van der Waals surface area contributed by atoms with Gasteiger partial charge < -0.3 is 14.8 Å². The van der Waals surface area contributed by atoms with E-state index in [4.69, 9.17) is 21.1 Å². The summed E-state index contributed by atoms with van der Waals surface area (Å²) in [7, 11) is 1.27. The predicted molar refractivity (Wildman–Crippen MR) is 113 cm³/mol. The largest absolute Gasteiger partial charge is 0.468 e. The normalized spacial score (nSPS) is 23.8. The van der Waals surface area contributed by atoms with Crippen molar-refractivity contribution in [3.63, 3.8) is 0 Å². The summed E-state index contributed by atoms with van der Waals surface area (Å²) in [5, 5.41) is 3.72. The Bertz CT molecular complexity index is 962. The van der Waals surface area contributed by atoms with E-state index in [2.05, 4.69) is 5.32 Å². The van der Waals surface area contributed by atoms with E-state index in [0.717, 1.165) is 5.70 Å². The molecule has 0 fully saturated rings. The van der Waals surface area contributed by atoms with Crippen LogP contribution in [-0.4, -0.2) is 30.9 Å². The lowest BCUT2D eigenvalue weighted by atomic mass is 9.69. The van der Waals surface area contributed by atoms with Crippen molar-refractivity contribution >= 4 is 29.3 Å². The summed E-state index contributed by atoms with van der Waals surface area (Å²) in [6, 6.07) is 7.05. The number of benzene rings is 1. The molecule has 0 bridgehead atoms. The van der Waals surface area contributed by atoms with Gasteiger partial charge in [-0.15, -0.1) is 0 Å². The molecular weight excluding hydrogens is 406 g/mol. The molecule has 0 unspecified atom stereocenters. The number of carbonyl (C=O) groups is 3. The molecule has 0 saturated heterocycles. The van der Waals surface area contributed by atoms with Crippen LogP contribution in [0.2, 0.25) is 5.02 Å². The highest BCUT2D eigenvalue weighted by atomic mass is 35.5. The zero-order valence-corrected chi connectivity index (χ0v) is 18.5. The molecule has 0 spiro atoms. The second-order valence-electron chi connectivity index (χ2n) is 8.04. The van der Waals surface area contributed by atoms with Crippen molar-refractivity contribution in [1.82, 2.24) is 5.32 Å². The van der Waals surface area contributed by atoms with Crippen LogP contribution in [0.4, 0.5) is 0 Å². The zero-order chi connectivity index (χ0) is 22.2. The molecule has 0 saturated carbocycles. The highest BCUT2D eigenvalue weighted by Crippen LogP contribution is 2.45. The standard InChI is InChI=1S/C23H26ClNO5/c1-11(2)30-23(28)18-13(4)25-16-9-12(3)17(22(27)29-5)21(26)20(16)19(18)14-7-6-8-15(24)10-14/h6-8,10-12,17,19,25H,9H2,1-5H3/t12-,17-,19-/m1/s1. The Balaban J connectivity index is 2.19. The van der Waals surface area contributed by atoms with Crippen LogP contribution in [0.5, 0.6) is 0 Å². The third kappa shape index (κ3) is 4.01. The molecule has 7 heteroatoms. The average molecular weight is 432 g/mol. The third-order valence-electron chi connectivity index (χ3n) is 5.49. The van der Waals surface area contributed by atoms with Crippen molar-refractivity contribution in [2.75, 3.05) is 7.11 Å². The number of hydrogen-bond donors (Lipinski definition) is 1. The molecule has 1 aromatic rings. The van der Waals surface area contributed by atoms with Crippen LogP contribution < -0.4 is 5.32 Å². The summed E-state index contributed by atoms with van der Waals surface area (Å²) in [6.07, 6.45) is 0.167. The van der Waals surface area contributed by atoms with Crippen molar-refractivity contribution in [3.05, 3.63) is 57.4 Å². The van der Waals surface area contributed by atoms with Gasteiger partial charge in [0.15, 0.2) is 5.78 Å². The summed E-state index contributed by atoms with van der Waals surface area (Å²) in [4.78, 5) is 38.9. The van der Waals surface area contributed by atoms with Gasteiger partial charge in [-0.05, 0) is 50.8 Å². The van der Waals surface area contributed by atoms with Gasteiger partial charge in [0.1, 0.15) is 5.92 Å². The molecule has 6 nitrogen and oxygen atoms in total. The maximum absolute atomic E-state index is 13.5. The Kier molecular flexibility index (Phi) is 6.36. The number of Topliss-reactive ketones (excluding diaryl/α,β-unsaturated/α-hetero) is 1. The number of esters is 2. The van der Waals surface area contributed by atoms with Crippen LogP contribution in [0.15, 0.2) is 46.8 Å². The second-order valence-corrected chi connectivity index (χ2v) is 8.48. The first-order valence-electron chi connectivity index (χ1n) is 9.95. The first kappa shape index (κ1) is 22.1.